The van der Waals surface area contributed by atoms with Crippen LogP contribution in [0.3, 0.4) is 0 Å². The minimum atomic E-state index is -3.19. The van der Waals surface area contributed by atoms with Gasteiger partial charge in [-0.25, -0.2) is 8.42 Å². The first-order valence-corrected chi connectivity index (χ1v) is 10.3. The monoisotopic (exact) mass is 346 g/mol. The van der Waals surface area contributed by atoms with E-state index in [0.29, 0.717) is 38.3 Å². The fraction of sp³-hybridized carbons (Fsp3) is 0.933. The van der Waals surface area contributed by atoms with Gasteiger partial charge in [0.2, 0.25) is 15.9 Å². The molecule has 0 aromatic carbocycles. The highest BCUT2D eigenvalue weighted by Crippen LogP contribution is 2.33. The Morgan fingerprint density at radius 1 is 1.17 bits per heavy atom. The molecule has 3 aliphatic rings. The first-order chi connectivity index (χ1) is 10.9. The van der Waals surface area contributed by atoms with Gasteiger partial charge in [-0.3, -0.25) is 4.79 Å². The van der Waals surface area contributed by atoms with Crippen LogP contribution in [0.4, 0.5) is 0 Å². The molecule has 0 radical (unpaired) electrons. The Hall–Kier alpha value is -0.700. The highest BCUT2D eigenvalue weighted by Gasteiger charge is 2.44. The smallest absolute Gasteiger partial charge is 0.249 e. The number of amides is 1. The number of sulfonamides is 1. The van der Waals surface area contributed by atoms with Gasteiger partial charge in [-0.1, -0.05) is 0 Å². The van der Waals surface area contributed by atoms with Gasteiger partial charge in [0.1, 0.15) is 6.10 Å². The van der Waals surface area contributed by atoms with Crippen molar-refractivity contribution >= 4 is 15.9 Å². The second-order valence-corrected chi connectivity index (χ2v) is 8.71. The first-order valence-electron chi connectivity index (χ1n) is 8.43. The molecule has 0 bridgehead atoms. The Balaban J connectivity index is 1.49. The fourth-order valence-corrected chi connectivity index (χ4v) is 4.97. The van der Waals surface area contributed by atoms with Crippen LogP contribution >= 0.6 is 0 Å². The minimum Gasteiger partial charge on any atom is -0.381 e. The van der Waals surface area contributed by atoms with Gasteiger partial charge in [0.05, 0.1) is 18.4 Å². The zero-order valence-electron chi connectivity index (χ0n) is 13.6. The Morgan fingerprint density at radius 2 is 1.91 bits per heavy atom. The third-order valence-corrected chi connectivity index (χ3v) is 6.43. The fourth-order valence-electron chi connectivity index (χ4n) is 3.80. The third kappa shape index (κ3) is 4.04. The van der Waals surface area contributed by atoms with E-state index in [-0.39, 0.29) is 18.1 Å². The van der Waals surface area contributed by atoms with Gasteiger partial charge in [-0.2, -0.15) is 4.31 Å². The van der Waals surface area contributed by atoms with Crippen LogP contribution < -0.4 is 5.32 Å². The Labute approximate surface area is 137 Å². The SMILES string of the molecule is CS(=O)(=O)N1CC[C@@H]2O[C@@H](C(=O)NCC3CCOCC3)CC[C@@H]21. The van der Waals surface area contributed by atoms with Crippen LogP contribution in [0.2, 0.25) is 0 Å². The molecule has 3 aliphatic heterocycles. The van der Waals surface area contributed by atoms with E-state index < -0.39 is 16.1 Å². The maximum absolute atomic E-state index is 12.3. The molecule has 23 heavy (non-hydrogen) atoms. The summed E-state index contributed by atoms with van der Waals surface area (Å²) in [5.41, 5.74) is 0. The van der Waals surface area contributed by atoms with Crippen molar-refractivity contribution in [3.05, 3.63) is 0 Å². The molecule has 3 rings (SSSR count). The molecule has 0 saturated carbocycles. The average Bonchev–Trinajstić information content (AvgIpc) is 2.96. The zero-order chi connectivity index (χ0) is 16.4. The predicted octanol–water partition coefficient (Wildman–Crippen LogP) is 0.111. The summed E-state index contributed by atoms with van der Waals surface area (Å²) in [5, 5.41) is 2.99. The summed E-state index contributed by atoms with van der Waals surface area (Å²) in [6.45, 7) is 2.70. The van der Waals surface area contributed by atoms with E-state index in [0.717, 1.165) is 26.1 Å². The molecule has 7 nitrogen and oxygen atoms in total. The molecule has 0 unspecified atom stereocenters. The molecule has 3 fully saturated rings. The Kier molecular flexibility index (Phi) is 5.25. The molecule has 8 heteroatoms. The summed E-state index contributed by atoms with van der Waals surface area (Å²) in [6, 6.07) is -0.107. The standard InChI is InChI=1S/C15H26N2O5S/c1-23(19,20)17-7-4-13-12(17)2-3-14(22-13)15(18)16-10-11-5-8-21-9-6-11/h11-14H,2-10H2,1H3,(H,16,18)/t12-,13-,14+/m0/s1. The molecule has 0 aromatic heterocycles. The van der Waals surface area contributed by atoms with Crippen LogP contribution in [0.25, 0.3) is 0 Å². The van der Waals surface area contributed by atoms with Crippen molar-refractivity contribution in [1.82, 2.24) is 9.62 Å². The number of ether oxygens (including phenoxy) is 2. The predicted molar refractivity (Wildman–Crippen MR) is 84.4 cm³/mol. The first kappa shape index (κ1) is 17.1. The molecule has 0 spiro atoms. The van der Waals surface area contributed by atoms with Gasteiger partial charge in [-0.15, -0.1) is 0 Å². The van der Waals surface area contributed by atoms with Crippen molar-refractivity contribution in [2.45, 2.75) is 50.4 Å². The number of carbonyl (C=O) groups excluding carboxylic acids is 1. The van der Waals surface area contributed by atoms with Gasteiger partial charge in [-0.05, 0) is 38.0 Å². The number of rotatable bonds is 4. The summed E-state index contributed by atoms with van der Waals surface area (Å²) < 4.78 is 36.3. The molecule has 0 aromatic rings. The number of hydrogen-bond acceptors (Lipinski definition) is 5. The van der Waals surface area contributed by atoms with Crippen LogP contribution in [0, 0.1) is 5.92 Å². The Bertz CT molecular complexity index is 532. The summed E-state index contributed by atoms with van der Waals surface area (Å²) in [4.78, 5) is 12.3. The molecule has 1 amide bonds. The van der Waals surface area contributed by atoms with Gasteiger partial charge in [0.25, 0.3) is 0 Å². The molecule has 3 heterocycles. The quantitative estimate of drug-likeness (QED) is 0.781. The summed E-state index contributed by atoms with van der Waals surface area (Å²) in [6.07, 6.45) is 4.54. The highest BCUT2D eigenvalue weighted by molar-refractivity contribution is 7.88. The van der Waals surface area contributed by atoms with Crippen molar-refractivity contribution in [2.24, 2.45) is 5.92 Å². The number of nitrogens with zero attached hydrogens (tertiary/aromatic N) is 1. The Morgan fingerprint density at radius 3 is 2.61 bits per heavy atom. The second kappa shape index (κ2) is 7.04. The van der Waals surface area contributed by atoms with Crippen molar-refractivity contribution < 1.29 is 22.7 Å². The maximum Gasteiger partial charge on any atom is 0.249 e. The van der Waals surface area contributed by atoms with E-state index in [2.05, 4.69) is 5.32 Å². The lowest BCUT2D eigenvalue weighted by Gasteiger charge is -2.34. The third-order valence-electron chi connectivity index (χ3n) is 5.12. The topological polar surface area (TPSA) is 84.9 Å². The maximum atomic E-state index is 12.3. The molecular weight excluding hydrogens is 320 g/mol. The van der Waals surface area contributed by atoms with Crippen LogP contribution in [0.15, 0.2) is 0 Å². The summed E-state index contributed by atoms with van der Waals surface area (Å²) in [7, 11) is -3.19. The molecule has 132 valence electrons. The van der Waals surface area contributed by atoms with Crippen molar-refractivity contribution in [2.75, 3.05) is 32.6 Å². The van der Waals surface area contributed by atoms with E-state index in [1.165, 1.54) is 10.6 Å². The highest BCUT2D eigenvalue weighted by atomic mass is 32.2. The lowest BCUT2D eigenvalue weighted by molar-refractivity contribution is -0.143. The van der Waals surface area contributed by atoms with E-state index >= 15 is 0 Å². The molecule has 3 atom stereocenters. The lowest BCUT2D eigenvalue weighted by Crippen LogP contribution is -2.49. The van der Waals surface area contributed by atoms with Gasteiger partial charge in [0.15, 0.2) is 0 Å². The van der Waals surface area contributed by atoms with E-state index in [9.17, 15) is 13.2 Å². The van der Waals surface area contributed by atoms with E-state index in [4.69, 9.17) is 9.47 Å². The number of fused-ring (bicyclic) bond motifs is 1. The number of nitrogens with one attached hydrogen (secondary N) is 1. The summed E-state index contributed by atoms with van der Waals surface area (Å²) in [5.74, 6) is 0.420. The lowest BCUT2D eigenvalue weighted by atomic mass is 9.98. The van der Waals surface area contributed by atoms with Gasteiger partial charge in [0, 0.05) is 26.3 Å². The van der Waals surface area contributed by atoms with Crippen LogP contribution in [-0.2, 0) is 24.3 Å². The minimum absolute atomic E-state index is 0.0623. The second-order valence-electron chi connectivity index (χ2n) is 6.77. The normalized spacial score (nSPS) is 33.3. The van der Waals surface area contributed by atoms with Crippen LogP contribution in [0.5, 0.6) is 0 Å². The molecular formula is C15H26N2O5S. The van der Waals surface area contributed by atoms with Crippen molar-refractivity contribution in [1.29, 1.82) is 0 Å². The molecule has 1 N–H and O–H groups in total. The van der Waals surface area contributed by atoms with Crippen LogP contribution in [-0.4, -0.2) is 69.4 Å². The summed E-state index contributed by atoms with van der Waals surface area (Å²) >= 11 is 0. The van der Waals surface area contributed by atoms with Gasteiger partial charge < -0.3 is 14.8 Å². The van der Waals surface area contributed by atoms with Crippen molar-refractivity contribution in [3.8, 4) is 0 Å². The van der Waals surface area contributed by atoms with E-state index in [1.807, 2.05) is 0 Å². The zero-order valence-corrected chi connectivity index (χ0v) is 14.4. The number of carbonyl (C=O) groups is 1. The average molecular weight is 346 g/mol. The molecule has 0 aliphatic carbocycles. The largest absolute Gasteiger partial charge is 0.381 e. The molecule has 3 saturated heterocycles. The number of hydrogen-bond donors (Lipinski definition) is 1. The van der Waals surface area contributed by atoms with Crippen LogP contribution in [0.1, 0.15) is 32.1 Å². The van der Waals surface area contributed by atoms with Gasteiger partial charge >= 0.3 is 0 Å². The van der Waals surface area contributed by atoms with Crippen molar-refractivity contribution in [3.63, 3.8) is 0 Å². The van der Waals surface area contributed by atoms with E-state index in [1.54, 1.807) is 0 Å².